The summed E-state index contributed by atoms with van der Waals surface area (Å²) in [6.45, 7) is 3.93. The van der Waals surface area contributed by atoms with Gasteiger partial charge in [-0.25, -0.2) is 0 Å². The van der Waals surface area contributed by atoms with E-state index in [4.69, 9.17) is 17.3 Å². The van der Waals surface area contributed by atoms with Crippen LogP contribution in [0.4, 0.5) is 5.69 Å². The fourth-order valence-corrected chi connectivity index (χ4v) is 2.92. The quantitative estimate of drug-likeness (QED) is 0.662. The molecule has 2 nitrogen and oxygen atoms in total. The first kappa shape index (κ1) is 12.1. The number of ketones is 1. The maximum absolute atomic E-state index is 12.3. The number of halogens is 1. The Morgan fingerprint density at radius 3 is 2.47 bits per heavy atom. The van der Waals surface area contributed by atoms with E-state index < -0.39 is 0 Å². The zero-order valence-corrected chi connectivity index (χ0v) is 11.2. The summed E-state index contributed by atoms with van der Waals surface area (Å²) in [6, 6.07) is 6.83. The van der Waals surface area contributed by atoms with Crippen LogP contribution in [0.5, 0.6) is 0 Å². The first-order chi connectivity index (χ1) is 7.97. The molecule has 0 aliphatic rings. The predicted octanol–water partition coefficient (Wildman–Crippen LogP) is 3.83. The molecule has 0 fully saturated rings. The maximum Gasteiger partial charge on any atom is 0.194 e. The van der Waals surface area contributed by atoms with E-state index in [2.05, 4.69) is 0 Å². The Morgan fingerprint density at radius 1 is 1.24 bits per heavy atom. The Hall–Kier alpha value is -1.32. The molecule has 0 atom stereocenters. The molecular formula is C13H12ClNOS. The summed E-state index contributed by atoms with van der Waals surface area (Å²) in [7, 11) is 0. The van der Waals surface area contributed by atoms with Crippen molar-refractivity contribution >= 4 is 34.4 Å². The van der Waals surface area contributed by atoms with Crippen LogP contribution >= 0.6 is 22.9 Å². The van der Waals surface area contributed by atoms with Crippen LogP contribution in [0.3, 0.4) is 0 Å². The van der Waals surface area contributed by atoms with Gasteiger partial charge in [0.25, 0.3) is 0 Å². The number of benzene rings is 1. The number of thiophene rings is 1. The van der Waals surface area contributed by atoms with E-state index in [-0.39, 0.29) is 5.78 Å². The van der Waals surface area contributed by atoms with Crippen molar-refractivity contribution in [2.45, 2.75) is 13.8 Å². The van der Waals surface area contributed by atoms with Crippen LogP contribution in [-0.2, 0) is 0 Å². The minimum atomic E-state index is -0.0268. The van der Waals surface area contributed by atoms with E-state index in [0.29, 0.717) is 16.3 Å². The van der Waals surface area contributed by atoms with Crippen LogP contribution in [0.1, 0.15) is 25.7 Å². The molecular weight excluding hydrogens is 254 g/mol. The fourth-order valence-electron chi connectivity index (χ4n) is 1.76. The summed E-state index contributed by atoms with van der Waals surface area (Å²) >= 11 is 7.51. The van der Waals surface area contributed by atoms with Crippen molar-refractivity contribution in [3.8, 4) is 0 Å². The largest absolute Gasteiger partial charge is 0.399 e. The molecule has 1 aromatic carbocycles. The highest BCUT2D eigenvalue weighted by atomic mass is 35.5. The third kappa shape index (κ3) is 2.51. The number of carbonyl (C=O) groups excluding carboxylic acids is 1. The summed E-state index contributed by atoms with van der Waals surface area (Å²) in [5.41, 5.74) is 7.46. The molecule has 2 aromatic rings. The molecule has 1 aromatic heterocycles. The van der Waals surface area contributed by atoms with Gasteiger partial charge >= 0.3 is 0 Å². The van der Waals surface area contributed by atoms with E-state index in [9.17, 15) is 4.79 Å². The SMILES string of the molecule is Cc1cc(C(=O)c2cc(N)cc(Cl)c2)c(C)s1. The van der Waals surface area contributed by atoms with Gasteiger partial charge in [-0.1, -0.05) is 11.6 Å². The number of carbonyl (C=O) groups is 1. The van der Waals surface area contributed by atoms with Crippen molar-refractivity contribution < 1.29 is 4.79 Å². The molecule has 0 saturated heterocycles. The number of rotatable bonds is 2. The molecule has 4 heteroatoms. The molecule has 0 aliphatic heterocycles. The van der Waals surface area contributed by atoms with E-state index in [1.807, 2.05) is 19.9 Å². The molecule has 0 spiro atoms. The third-order valence-electron chi connectivity index (χ3n) is 2.47. The second-order valence-electron chi connectivity index (χ2n) is 3.93. The zero-order valence-electron chi connectivity index (χ0n) is 9.58. The van der Waals surface area contributed by atoms with Gasteiger partial charge in [-0.2, -0.15) is 0 Å². The second-order valence-corrected chi connectivity index (χ2v) is 5.83. The van der Waals surface area contributed by atoms with Crippen molar-refractivity contribution in [2.24, 2.45) is 0 Å². The van der Waals surface area contributed by atoms with Gasteiger partial charge in [-0.05, 0) is 38.1 Å². The average molecular weight is 266 g/mol. The fraction of sp³-hybridized carbons (Fsp3) is 0.154. The molecule has 17 heavy (non-hydrogen) atoms. The Kier molecular flexibility index (Phi) is 3.22. The minimum Gasteiger partial charge on any atom is -0.399 e. The number of hydrogen-bond acceptors (Lipinski definition) is 3. The highest BCUT2D eigenvalue weighted by Crippen LogP contribution is 2.25. The van der Waals surface area contributed by atoms with Crippen LogP contribution in [0, 0.1) is 13.8 Å². The minimum absolute atomic E-state index is 0.0268. The topological polar surface area (TPSA) is 43.1 Å². The molecule has 2 N–H and O–H groups in total. The molecule has 0 radical (unpaired) electrons. The van der Waals surface area contributed by atoms with Crippen LogP contribution in [0.25, 0.3) is 0 Å². The van der Waals surface area contributed by atoms with Crippen molar-refractivity contribution in [3.05, 3.63) is 50.2 Å². The molecule has 1 heterocycles. The summed E-state index contributed by atoms with van der Waals surface area (Å²) in [5, 5.41) is 0.484. The van der Waals surface area contributed by atoms with Crippen molar-refractivity contribution in [1.29, 1.82) is 0 Å². The van der Waals surface area contributed by atoms with Gasteiger partial charge in [0.15, 0.2) is 5.78 Å². The first-order valence-corrected chi connectivity index (χ1v) is 6.34. The van der Waals surface area contributed by atoms with Gasteiger partial charge in [0.1, 0.15) is 0 Å². The smallest absolute Gasteiger partial charge is 0.194 e. The number of nitrogen functional groups attached to an aromatic ring is 1. The Labute approximate surface area is 109 Å². The van der Waals surface area contributed by atoms with Crippen LogP contribution in [0.2, 0.25) is 5.02 Å². The standard InChI is InChI=1S/C13H12ClNOS/c1-7-3-12(8(2)17-7)13(16)9-4-10(14)6-11(15)5-9/h3-6H,15H2,1-2H3. The lowest BCUT2D eigenvalue weighted by atomic mass is 10.0. The number of aryl methyl sites for hydroxylation is 2. The van der Waals surface area contributed by atoms with E-state index in [1.54, 1.807) is 29.5 Å². The third-order valence-corrected chi connectivity index (χ3v) is 3.65. The first-order valence-electron chi connectivity index (χ1n) is 5.15. The van der Waals surface area contributed by atoms with E-state index in [0.717, 1.165) is 15.3 Å². The molecule has 0 saturated carbocycles. The summed E-state index contributed by atoms with van der Waals surface area (Å²) < 4.78 is 0. The number of hydrogen-bond donors (Lipinski definition) is 1. The molecule has 0 aliphatic carbocycles. The van der Waals surface area contributed by atoms with Gasteiger partial charge in [0, 0.05) is 31.6 Å². The zero-order chi connectivity index (χ0) is 12.6. The Balaban J connectivity index is 2.47. The summed E-state index contributed by atoms with van der Waals surface area (Å²) in [4.78, 5) is 14.4. The molecule has 0 amide bonds. The number of nitrogens with two attached hydrogens (primary N) is 1. The van der Waals surface area contributed by atoms with Crippen LogP contribution < -0.4 is 5.73 Å². The van der Waals surface area contributed by atoms with Crippen LogP contribution in [-0.4, -0.2) is 5.78 Å². The lowest BCUT2D eigenvalue weighted by Gasteiger charge is -2.03. The average Bonchev–Trinajstić information content (AvgIpc) is 2.55. The summed E-state index contributed by atoms with van der Waals surface area (Å²) in [5.74, 6) is -0.0268. The van der Waals surface area contributed by atoms with E-state index >= 15 is 0 Å². The summed E-state index contributed by atoms with van der Waals surface area (Å²) in [6.07, 6.45) is 0. The van der Waals surface area contributed by atoms with Crippen molar-refractivity contribution in [2.75, 3.05) is 5.73 Å². The molecule has 0 bridgehead atoms. The normalized spacial score (nSPS) is 10.5. The molecule has 88 valence electrons. The molecule has 0 unspecified atom stereocenters. The van der Waals surface area contributed by atoms with Gasteiger partial charge in [-0.3, -0.25) is 4.79 Å². The predicted molar refractivity (Wildman–Crippen MR) is 73.1 cm³/mol. The number of anilines is 1. The maximum atomic E-state index is 12.3. The van der Waals surface area contributed by atoms with Crippen molar-refractivity contribution in [1.82, 2.24) is 0 Å². The molecule has 2 rings (SSSR count). The van der Waals surface area contributed by atoms with Gasteiger partial charge in [-0.15, -0.1) is 11.3 Å². The van der Waals surface area contributed by atoms with Gasteiger partial charge < -0.3 is 5.73 Å². The lowest BCUT2D eigenvalue weighted by molar-refractivity contribution is 0.103. The monoisotopic (exact) mass is 265 g/mol. The van der Waals surface area contributed by atoms with Gasteiger partial charge in [0.05, 0.1) is 0 Å². The van der Waals surface area contributed by atoms with Crippen molar-refractivity contribution in [3.63, 3.8) is 0 Å². The van der Waals surface area contributed by atoms with E-state index in [1.165, 1.54) is 0 Å². The van der Waals surface area contributed by atoms with Crippen LogP contribution in [0.15, 0.2) is 24.3 Å². The second kappa shape index (κ2) is 4.51. The highest BCUT2D eigenvalue weighted by molar-refractivity contribution is 7.12. The van der Waals surface area contributed by atoms with Gasteiger partial charge in [0.2, 0.25) is 0 Å². The Bertz CT molecular complexity index is 569. The lowest BCUT2D eigenvalue weighted by Crippen LogP contribution is -2.02. The highest BCUT2D eigenvalue weighted by Gasteiger charge is 2.15. The Morgan fingerprint density at radius 2 is 1.94 bits per heavy atom.